The zero-order valence-corrected chi connectivity index (χ0v) is 11.8. The summed E-state index contributed by atoms with van der Waals surface area (Å²) in [6, 6.07) is 10.8. The van der Waals surface area contributed by atoms with Gasteiger partial charge in [-0.25, -0.2) is 4.98 Å². The van der Waals surface area contributed by atoms with E-state index in [0.717, 1.165) is 11.5 Å². The smallest absolute Gasteiger partial charge is 0.116 e. The van der Waals surface area contributed by atoms with Crippen LogP contribution in [0.3, 0.4) is 0 Å². The third-order valence-corrected chi connectivity index (χ3v) is 4.55. The van der Waals surface area contributed by atoms with Crippen molar-refractivity contribution in [2.75, 3.05) is 0 Å². The molecular formula is C16H19ClN2. The number of rotatable bonds is 3. The van der Waals surface area contributed by atoms with Gasteiger partial charge in [-0.05, 0) is 18.4 Å². The van der Waals surface area contributed by atoms with E-state index < -0.39 is 0 Å². The van der Waals surface area contributed by atoms with E-state index in [1.54, 1.807) is 0 Å². The zero-order chi connectivity index (χ0) is 13.1. The molecule has 2 aromatic rings. The molecule has 2 nitrogen and oxygen atoms in total. The topological polar surface area (TPSA) is 28.7 Å². The van der Waals surface area contributed by atoms with Gasteiger partial charge in [0.15, 0.2) is 0 Å². The molecule has 1 saturated carbocycles. The molecule has 1 aromatic heterocycles. The minimum Gasteiger partial charge on any atom is -0.344 e. The number of alkyl halides is 1. The van der Waals surface area contributed by atoms with Gasteiger partial charge in [0.2, 0.25) is 0 Å². The van der Waals surface area contributed by atoms with Gasteiger partial charge in [0, 0.05) is 11.9 Å². The van der Waals surface area contributed by atoms with Gasteiger partial charge in [-0.1, -0.05) is 49.6 Å². The number of aromatic amines is 1. The van der Waals surface area contributed by atoms with Crippen LogP contribution in [0.5, 0.6) is 0 Å². The number of nitrogens with zero attached hydrogens (tertiary/aromatic N) is 1. The predicted octanol–water partition coefficient (Wildman–Crippen LogP) is 4.40. The zero-order valence-electron chi connectivity index (χ0n) is 11.0. The summed E-state index contributed by atoms with van der Waals surface area (Å²) in [6.45, 7) is 0. The van der Waals surface area contributed by atoms with Crippen molar-refractivity contribution in [3.63, 3.8) is 0 Å². The number of H-pyrrole nitrogens is 1. The van der Waals surface area contributed by atoms with Crippen molar-refractivity contribution >= 4 is 11.6 Å². The summed E-state index contributed by atoms with van der Waals surface area (Å²) >= 11 is 5.90. The molecule has 1 N–H and O–H groups in total. The van der Waals surface area contributed by atoms with Gasteiger partial charge in [0.05, 0.1) is 11.3 Å². The highest BCUT2D eigenvalue weighted by Crippen LogP contribution is 2.43. The quantitative estimate of drug-likeness (QED) is 0.826. The normalized spacial score (nSPS) is 18.4. The molecule has 0 unspecified atom stereocenters. The lowest BCUT2D eigenvalue weighted by molar-refractivity contribution is 0.332. The van der Waals surface area contributed by atoms with Crippen LogP contribution in [0.15, 0.2) is 36.5 Å². The molecule has 3 heteroatoms. The molecule has 0 atom stereocenters. The highest BCUT2D eigenvalue weighted by Gasteiger charge is 2.38. The molecule has 1 aromatic carbocycles. The standard InChI is InChI=1S/C16H19ClN2/c17-11-14-12-18-15(19-14)16(9-5-2-6-10-16)13-7-3-1-4-8-13/h1,3-4,7-8,12H,2,5-6,9-11H2,(H,18,19). The Balaban J connectivity index is 2.06. The molecule has 0 spiro atoms. The number of imidazole rings is 1. The number of halogens is 1. The van der Waals surface area contributed by atoms with Crippen LogP contribution in [0, 0.1) is 0 Å². The van der Waals surface area contributed by atoms with E-state index in [9.17, 15) is 0 Å². The molecule has 0 saturated heterocycles. The van der Waals surface area contributed by atoms with Gasteiger partial charge in [0.25, 0.3) is 0 Å². The maximum atomic E-state index is 5.90. The maximum absolute atomic E-state index is 5.90. The average molecular weight is 275 g/mol. The molecular weight excluding hydrogens is 256 g/mol. The molecule has 1 aliphatic carbocycles. The van der Waals surface area contributed by atoms with Crippen molar-refractivity contribution in [3.05, 3.63) is 53.6 Å². The Morgan fingerprint density at radius 1 is 1.11 bits per heavy atom. The summed E-state index contributed by atoms with van der Waals surface area (Å²) in [5.41, 5.74) is 2.45. The molecule has 0 aliphatic heterocycles. The average Bonchev–Trinajstić information content (AvgIpc) is 2.98. The third-order valence-electron chi connectivity index (χ3n) is 4.26. The number of benzene rings is 1. The lowest BCUT2D eigenvalue weighted by Gasteiger charge is -2.36. The monoisotopic (exact) mass is 274 g/mol. The van der Waals surface area contributed by atoms with Crippen LogP contribution in [0.2, 0.25) is 0 Å². The van der Waals surface area contributed by atoms with Gasteiger partial charge in [-0.3, -0.25) is 0 Å². The van der Waals surface area contributed by atoms with E-state index >= 15 is 0 Å². The minimum absolute atomic E-state index is 0.0593. The van der Waals surface area contributed by atoms with Gasteiger partial charge in [-0.15, -0.1) is 11.6 Å². The predicted molar refractivity (Wildman–Crippen MR) is 78.5 cm³/mol. The van der Waals surface area contributed by atoms with Crippen molar-refractivity contribution in [1.82, 2.24) is 9.97 Å². The Hall–Kier alpha value is -1.28. The second-order valence-electron chi connectivity index (χ2n) is 5.40. The van der Waals surface area contributed by atoms with E-state index in [1.807, 2.05) is 6.20 Å². The summed E-state index contributed by atoms with van der Waals surface area (Å²) < 4.78 is 0. The second kappa shape index (κ2) is 5.38. The number of hydrogen-bond acceptors (Lipinski definition) is 1. The van der Waals surface area contributed by atoms with Crippen molar-refractivity contribution in [2.24, 2.45) is 0 Å². The molecule has 0 radical (unpaired) electrons. The fraction of sp³-hybridized carbons (Fsp3) is 0.438. The molecule has 3 rings (SSSR count). The van der Waals surface area contributed by atoms with E-state index in [1.165, 1.54) is 37.7 Å². The SMILES string of the molecule is ClCc1cnc(C2(c3ccccc3)CCCCC2)[nH]1. The van der Waals surface area contributed by atoms with Crippen LogP contribution in [0.25, 0.3) is 0 Å². The third kappa shape index (κ3) is 2.30. The highest BCUT2D eigenvalue weighted by atomic mass is 35.5. The summed E-state index contributed by atoms with van der Waals surface area (Å²) in [6.07, 6.45) is 8.09. The van der Waals surface area contributed by atoms with Crippen molar-refractivity contribution in [1.29, 1.82) is 0 Å². The van der Waals surface area contributed by atoms with Crippen LogP contribution >= 0.6 is 11.6 Å². The first kappa shape index (κ1) is 12.7. The molecule has 1 heterocycles. The Bertz CT molecular complexity index is 527. The molecule has 100 valence electrons. The fourth-order valence-electron chi connectivity index (χ4n) is 3.24. The van der Waals surface area contributed by atoms with E-state index in [2.05, 4.69) is 40.3 Å². The van der Waals surface area contributed by atoms with Crippen molar-refractivity contribution < 1.29 is 0 Å². The van der Waals surface area contributed by atoms with E-state index in [4.69, 9.17) is 11.6 Å². The molecule has 0 amide bonds. The van der Waals surface area contributed by atoms with E-state index in [-0.39, 0.29) is 5.41 Å². The Morgan fingerprint density at radius 2 is 1.84 bits per heavy atom. The molecule has 19 heavy (non-hydrogen) atoms. The second-order valence-corrected chi connectivity index (χ2v) is 5.67. The largest absolute Gasteiger partial charge is 0.344 e. The van der Waals surface area contributed by atoms with Crippen LogP contribution in [0.4, 0.5) is 0 Å². The first-order chi connectivity index (χ1) is 9.35. The summed E-state index contributed by atoms with van der Waals surface area (Å²) in [4.78, 5) is 8.05. The Kier molecular flexibility index (Phi) is 3.61. The van der Waals surface area contributed by atoms with Crippen LogP contribution < -0.4 is 0 Å². The molecule has 1 aliphatic rings. The van der Waals surface area contributed by atoms with Crippen LogP contribution in [0.1, 0.15) is 49.2 Å². The highest BCUT2D eigenvalue weighted by molar-refractivity contribution is 6.16. The minimum atomic E-state index is 0.0593. The fourth-order valence-corrected chi connectivity index (χ4v) is 3.38. The van der Waals surface area contributed by atoms with Crippen LogP contribution in [-0.4, -0.2) is 9.97 Å². The van der Waals surface area contributed by atoms with Gasteiger partial charge >= 0.3 is 0 Å². The molecule has 1 fully saturated rings. The Labute approximate surface area is 119 Å². The van der Waals surface area contributed by atoms with Gasteiger partial charge in [0.1, 0.15) is 5.82 Å². The summed E-state index contributed by atoms with van der Waals surface area (Å²) in [5.74, 6) is 1.59. The number of hydrogen-bond donors (Lipinski definition) is 1. The molecule has 0 bridgehead atoms. The lowest BCUT2D eigenvalue weighted by atomic mass is 9.69. The first-order valence-electron chi connectivity index (χ1n) is 7.01. The van der Waals surface area contributed by atoms with Gasteiger partial charge in [-0.2, -0.15) is 0 Å². The maximum Gasteiger partial charge on any atom is 0.116 e. The first-order valence-corrected chi connectivity index (χ1v) is 7.54. The number of aromatic nitrogens is 2. The Morgan fingerprint density at radius 3 is 2.47 bits per heavy atom. The van der Waals surface area contributed by atoms with Crippen molar-refractivity contribution in [2.45, 2.75) is 43.4 Å². The summed E-state index contributed by atoms with van der Waals surface area (Å²) in [7, 11) is 0. The van der Waals surface area contributed by atoms with Crippen molar-refractivity contribution in [3.8, 4) is 0 Å². The summed E-state index contributed by atoms with van der Waals surface area (Å²) in [5, 5.41) is 0. The van der Waals surface area contributed by atoms with Gasteiger partial charge < -0.3 is 4.98 Å². The lowest BCUT2D eigenvalue weighted by Crippen LogP contribution is -2.31. The number of nitrogens with one attached hydrogen (secondary N) is 1. The van der Waals surface area contributed by atoms with E-state index in [0.29, 0.717) is 5.88 Å². The van der Waals surface area contributed by atoms with Crippen LogP contribution in [-0.2, 0) is 11.3 Å².